The highest BCUT2D eigenvalue weighted by Crippen LogP contribution is 2.42. The summed E-state index contributed by atoms with van der Waals surface area (Å²) in [7, 11) is 0. The third-order valence-electron chi connectivity index (χ3n) is 5.28. The molecule has 1 unspecified atom stereocenters. The van der Waals surface area contributed by atoms with E-state index >= 15 is 0 Å². The Labute approximate surface area is 185 Å². The van der Waals surface area contributed by atoms with Crippen LogP contribution >= 0.6 is 27.5 Å². The maximum atomic E-state index is 13.5. The van der Waals surface area contributed by atoms with Crippen LogP contribution in [0.5, 0.6) is 0 Å². The Kier molecular flexibility index (Phi) is 4.53. The van der Waals surface area contributed by atoms with Gasteiger partial charge in [-0.15, -0.1) is 0 Å². The van der Waals surface area contributed by atoms with Crippen LogP contribution in [-0.4, -0.2) is 5.91 Å². The molecule has 0 bridgehead atoms. The van der Waals surface area contributed by atoms with Crippen molar-refractivity contribution in [3.63, 3.8) is 0 Å². The first-order valence-electron chi connectivity index (χ1n) is 9.36. The Balaban J connectivity index is 1.84. The number of hydrogen-bond acceptors (Lipinski definition) is 3. The van der Waals surface area contributed by atoms with Gasteiger partial charge in [0.05, 0.1) is 17.0 Å². The van der Waals surface area contributed by atoms with Crippen LogP contribution in [0.2, 0.25) is 5.02 Å². The van der Waals surface area contributed by atoms with Gasteiger partial charge in [-0.1, -0.05) is 51.8 Å². The minimum absolute atomic E-state index is 0.0707. The summed E-state index contributed by atoms with van der Waals surface area (Å²) in [6.07, 6.45) is 0. The molecule has 4 nitrogen and oxygen atoms in total. The van der Waals surface area contributed by atoms with E-state index in [1.54, 1.807) is 35.2 Å². The Bertz CT molecular complexity index is 1400. The number of anilines is 1. The SMILES string of the molecule is Cc1cccc(N2C(=O)c3oc4ccc(Br)cc4c(=O)c3C2c2cccc(Cl)c2)c1. The fraction of sp³-hybridized carbons (Fsp3) is 0.0833. The molecule has 0 spiro atoms. The summed E-state index contributed by atoms with van der Waals surface area (Å²) in [5.41, 5.74) is 2.94. The second-order valence-electron chi connectivity index (χ2n) is 7.29. The van der Waals surface area contributed by atoms with Gasteiger partial charge in [-0.3, -0.25) is 14.5 Å². The second kappa shape index (κ2) is 7.11. The van der Waals surface area contributed by atoms with E-state index < -0.39 is 6.04 Å². The summed E-state index contributed by atoms with van der Waals surface area (Å²) in [6, 6.07) is 19.4. The monoisotopic (exact) mass is 479 g/mol. The Morgan fingerprint density at radius 2 is 1.80 bits per heavy atom. The predicted molar refractivity (Wildman–Crippen MR) is 121 cm³/mol. The number of rotatable bonds is 2. The quantitative estimate of drug-likeness (QED) is 0.340. The third-order valence-corrected chi connectivity index (χ3v) is 6.00. The number of halogens is 2. The summed E-state index contributed by atoms with van der Waals surface area (Å²) in [6.45, 7) is 1.96. The first-order chi connectivity index (χ1) is 14.4. The van der Waals surface area contributed by atoms with Crippen molar-refractivity contribution in [2.75, 3.05) is 4.90 Å². The lowest BCUT2D eigenvalue weighted by Crippen LogP contribution is -2.29. The smallest absolute Gasteiger partial charge is 0.295 e. The zero-order valence-electron chi connectivity index (χ0n) is 15.9. The van der Waals surface area contributed by atoms with E-state index in [4.69, 9.17) is 16.0 Å². The van der Waals surface area contributed by atoms with Gasteiger partial charge in [0.15, 0.2) is 5.43 Å². The predicted octanol–water partition coefficient (Wildman–Crippen LogP) is 6.27. The molecule has 6 heteroatoms. The molecule has 4 aromatic rings. The summed E-state index contributed by atoms with van der Waals surface area (Å²) < 4.78 is 6.74. The number of fused-ring (bicyclic) bond motifs is 2. The van der Waals surface area contributed by atoms with Crippen molar-refractivity contribution in [3.05, 3.63) is 109 Å². The maximum Gasteiger partial charge on any atom is 0.295 e. The highest BCUT2D eigenvalue weighted by atomic mass is 79.9. The highest BCUT2D eigenvalue weighted by Gasteiger charge is 2.43. The van der Waals surface area contributed by atoms with E-state index in [1.165, 1.54) is 0 Å². The van der Waals surface area contributed by atoms with Crippen LogP contribution in [0.3, 0.4) is 0 Å². The van der Waals surface area contributed by atoms with Crippen molar-refractivity contribution >= 4 is 50.1 Å². The summed E-state index contributed by atoms with van der Waals surface area (Å²) in [5, 5.41) is 0.958. The van der Waals surface area contributed by atoms with Crippen molar-refractivity contribution in [2.24, 2.45) is 0 Å². The van der Waals surface area contributed by atoms with Crippen LogP contribution in [0, 0.1) is 6.92 Å². The van der Waals surface area contributed by atoms with E-state index in [-0.39, 0.29) is 17.1 Å². The van der Waals surface area contributed by atoms with Crippen molar-refractivity contribution in [1.29, 1.82) is 0 Å². The largest absolute Gasteiger partial charge is 0.450 e. The second-order valence-corrected chi connectivity index (χ2v) is 8.64. The van der Waals surface area contributed by atoms with E-state index in [9.17, 15) is 9.59 Å². The lowest BCUT2D eigenvalue weighted by atomic mass is 9.98. The molecule has 1 amide bonds. The molecular formula is C24H15BrClNO3. The number of nitrogens with zero attached hydrogens (tertiary/aromatic N) is 1. The summed E-state index contributed by atoms with van der Waals surface area (Å²) in [5.74, 6) is -0.274. The van der Waals surface area contributed by atoms with Gasteiger partial charge < -0.3 is 4.42 Å². The standard InChI is InChI=1S/C24H15BrClNO3/c1-13-4-2-7-17(10-13)27-21(14-5-3-6-16(26)11-14)20-22(28)18-12-15(25)8-9-19(18)30-23(20)24(27)29/h2-12,21H,1H3. The number of benzene rings is 3. The van der Waals surface area contributed by atoms with Crippen molar-refractivity contribution in [1.82, 2.24) is 0 Å². The van der Waals surface area contributed by atoms with Crippen molar-refractivity contribution < 1.29 is 9.21 Å². The minimum Gasteiger partial charge on any atom is -0.450 e. The average Bonchev–Trinajstić information content (AvgIpc) is 3.01. The molecule has 0 N–H and O–H groups in total. The van der Waals surface area contributed by atoms with E-state index in [1.807, 2.05) is 43.3 Å². The molecule has 1 aliphatic heterocycles. The zero-order chi connectivity index (χ0) is 21.0. The molecule has 148 valence electrons. The molecule has 1 aliphatic rings. The molecular weight excluding hydrogens is 466 g/mol. The molecule has 0 saturated heterocycles. The van der Waals surface area contributed by atoms with Gasteiger partial charge in [0.2, 0.25) is 5.76 Å². The fourth-order valence-electron chi connectivity index (χ4n) is 3.98. The van der Waals surface area contributed by atoms with Gasteiger partial charge in [0.1, 0.15) is 5.58 Å². The van der Waals surface area contributed by atoms with Crippen LogP contribution in [-0.2, 0) is 0 Å². The molecule has 0 radical (unpaired) electrons. The van der Waals surface area contributed by atoms with Crippen LogP contribution in [0.4, 0.5) is 5.69 Å². The molecule has 0 aliphatic carbocycles. The molecule has 1 aromatic heterocycles. The Hall–Kier alpha value is -2.89. The Morgan fingerprint density at radius 1 is 1.00 bits per heavy atom. The van der Waals surface area contributed by atoms with Gasteiger partial charge in [-0.05, 0) is 60.5 Å². The molecule has 30 heavy (non-hydrogen) atoms. The van der Waals surface area contributed by atoms with E-state index in [2.05, 4.69) is 15.9 Å². The number of amides is 1. The number of carbonyl (C=O) groups is 1. The van der Waals surface area contributed by atoms with Gasteiger partial charge in [-0.2, -0.15) is 0 Å². The molecule has 0 saturated carbocycles. The first kappa shape index (κ1) is 19.1. The van der Waals surface area contributed by atoms with Gasteiger partial charge in [-0.25, -0.2) is 0 Å². The summed E-state index contributed by atoms with van der Waals surface area (Å²) >= 11 is 9.66. The Morgan fingerprint density at radius 3 is 2.57 bits per heavy atom. The minimum atomic E-state index is -0.632. The summed E-state index contributed by atoms with van der Waals surface area (Å²) in [4.78, 5) is 28.6. The number of aryl methyl sites for hydroxylation is 1. The fourth-order valence-corrected chi connectivity index (χ4v) is 4.54. The zero-order valence-corrected chi connectivity index (χ0v) is 18.2. The van der Waals surface area contributed by atoms with Crippen LogP contribution < -0.4 is 10.3 Å². The van der Waals surface area contributed by atoms with E-state index in [0.717, 1.165) is 15.6 Å². The van der Waals surface area contributed by atoms with Gasteiger partial charge in [0.25, 0.3) is 5.91 Å². The van der Waals surface area contributed by atoms with Crippen LogP contribution in [0.25, 0.3) is 11.0 Å². The average molecular weight is 481 g/mol. The number of hydrogen-bond donors (Lipinski definition) is 0. The molecule has 2 heterocycles. The van der Waals surface area contributed by atoms with Gasteiger partial charge >= 0.3 is 0 Å². The molecule has 1 atom stereocenters. The maximum absolute atomic E-state index is 13.5. The van der Waals surface area contributed by atoms with Gasteiger partial charge in [0, 0.05) is 15.2 Å². The molecule has 5 rings (SSSR count). The lowest BCUT2D eigenvalue weighted by molar-refractivity contribution is 0.0971. The van der Waals surface area contributed by atoms with Crippen molar-refractivity contribution in [3.8, 4) is 0 Å². The van der Waals surface area contributed by atoms with Crippen molar-refractivity contribution in [2.45, 2.75) is 13.0 Å². The van der Waals surface area contributed by atoms with Crippen LogP contribution in [0.1, 0.15) is 33.3 Å². The lowest BCUT2D eigenvalue weighted by Gasteiger charge is -2.25. The third kappa shape index (κ3) is 2.97. The first-order valence-corrected chi connectivity index (χ1v) is 10.5. The van der Waals surface area contributed by atoms with Crippen LogP contribution in [0.15, 0.2) is 80.4 Å². The topological polar surface area (TPSA) is 50.5 Å². The molecule has 3 aromatic carbocycles. The van der Waals surface area contributed by atoms with E-state index in [0.29, 0.717) is 27.2 Å². The highest BCUT2D eigenvalue weighted by molar-refractivity contribution is 9.10. The normalized spacial score (nSPS) is 15.6. The number of carbonyl (C=O) groups excluding carboxylic acids is 1. The molecule has 0 fully saturated rings.